The third-order valence-electron chi connectivity index (χ3n) is 2.66. The first-order valence-corrected chi connectivity index (χ1v) is 6.29. The Kier molecular flexibility index (Phi) is 5.51. The van der Waals surface area contributed by atoms with Gasteiger partial charge in [-0.15, -0.1) is 0 Å². The summed E-state index contributed by atoms with van der Waals surface area (Å²) in [6, 6.07) is 6.02. The van der Waals surface area contributed by atoms with Crippen LogP contribution in [-0.2, 0) is 9.53 Å². The molecule has 0 aliphatic rings. The molecule has 0 saturated carbocycles. The van der Waals surface area contributed by atoms with Crippen LogP contribution >= 0.6 is 0 Å². The zero-order valence-electron chi connectivity index (χ0n) is 11.5. The zero-order valence-corrected chi connectivity index (χ0v) is 11.5. The van der Waals surface area contributed by atoms with Crippen LogP contribution < -0.4 is 11.1 Å². The number of ether oxygens (including phenoxy) is 1. The molecular weight excluding hydrogens is 244 g/mol. The van der Waals surface area contributed by atoms with Crippen LogP contribution in [0.3, 0.4) is 0 Å². The van der Waals surface area contributed by atoms with Crippen LogP contribution in [0.15, 0.2) is 24.3 Å². The molecular formula is C14H20N2O3. The Morgan fingerprint density at radius 1 is 1.37 bits per heavy atom. The maximum Gasteiger partial charge on any atom is 0.338 e. The number of nitrogens with one attached hydrogen (secondary N) is 1. The number of benzene rings is 1. The number of rotatable bonds is 5. The maximum atomic E-state index is 11.8. The van der Waals surface area contributed by atoms with Gasteiger partial charge in [-0.25, -0.2) is 4.79 Å². The number of carbonyl (C=O) groups is 2. The van der Waals surface area contributed by atoms with Gasteiger partial charge in [0.2, 0.25) is 5.91 Å². The summed E-state index contributed by atoms with van der Waals surface area (Å²) < 4.78 is 4.90. The predicted octanol–water partition coefficient (Wildman–Crippen LogP) is 1.79. The van der Waals surface area contributed by atoms with Crippen LogP contribution in [0.25, 0.3) is 0 Å². The molecule has 0 radical (unpaired) electrons. The van der Waals surface area contributed by atoms with E-state index in [0.717, 1.165) is 0 Å². The number of anilines is 1. The van der Waals surface area contributed by atoms with Gasteiger partial charge in [0.15, 0.2) is 0 Å². The minimum atomic E-state index is -0.578. The van der Waals surface area contributed by atoms with Crippen molar-refractivity contribution in [1.29, 1.82) is 0 Å². The second-order valence-corrected chi connectivity index (χ2v) is 4.56. The Labute approximate surface area is 113 Å². The molecule has 1 aromatic carbocycles. The Morgan fingerprint density at radius 3 is 2.63 bits per heavy atom. The predicted molar refractivity (Wildman–Crippen MR) is 73.8 cm³/mol. The number of hydrogen-bond donors (Lipinski definition) is 2. The third-order valence-corrected chi connectivity index (χ3v) is 2.66. The zero-order chi connectivity index (χ0) is 14.4. The summed E-state index contributed by atoms with van der Waals surface area (Å²) in [5, 5.41) is 2.69. The first-order chi connectivity index (χ1) is 8.95. The highest BCUT2D eigenvalue weighted by Gasteiger charge is 2.17. The molecule has 104 valence electrons. The summed E-state index contributed by atoms with van der Waals surface area (Å²) in [5.74, 6) is -0.629. The van der Waals surface area contributed by atoms with Gasteiger partial charge >= 0.3 is 5.97 Å². The molecule has 5 nitrogen and oxygen atoms in total. The van der Waals surface area contributed by atoms with Crippen molar-refractivity contribution in [3.05, 3.63) is 29.8 Å². The van der Waals surface area contributed by atoms with Crippen molar-refractivity contribution in [3.8, 4) is 0 Å². The largest absolute Gasteiger partial charge is 0.462 e. The highest BCUT2D eigenvalue weighted by molar-refractivity contribution is 5.96. The minimum Gasteiger partial charge on any atom is -0.462 e. The average molecular weight is 264 g/mol. The van der Waals surface area contributed by atoms with Crippen LogP contribution in [0, 0.1) is 5.92 Å². The molecule has 0 fully saturated rings. The van der Waals surface area contributed by atoms with E-state index >= 15 is 0 Å². The monoisotopic (exact) mass is 264 g/mol. The van der Waals surface area contributed by atoms with Crippen molar-refractivity contribution in [1.82, 2.24) is 0 Å². The van der Waals surface area contributed by atoms with Gasteiger partial charge in [0.1, 0.15) is 0 Å². The van der Waals surface area contributed by atoms with E-state index in [0.29, 0.717) is 17.9 Å². The van der Waals surface area contributed by atoms with Gasteiger partial charge in [0.25, 0.3) is 0 Å². The van der Waals surface area contributed by atoms with E-state index in [2.05, 4.69) is 5.32 Å². The van der Waals surface area contributed by atoms with Crippen molar-refractivity contribution in [2.75, 3.05) is 11.9 Å². The van der Waals surface area contributed by atoms with Crippen molar-refractivity contribution in [2.45, 2.75) is 26.8 Å². The van der Waals surface area contributed by atoms with Gasteiger partial charge in [0.05, 0.1) is 18.2 Å². The number of amides is 1. The lowest BCUT2D eigenvalue weighted by Gasteiger charge is -2.15. The molecule has 1 atom stereocenters. The van der Waals surface area contributed by atoms with Crippen LogP contribution in [0.4, 0.5) is 5.69 Å². The lowest BCUT2D eigenvalue weighted by Crippen LogP contribution is -2.39. The van der Waals surface area contributed by atoms with Crippen LogP contribution in [-0.4, -0.2) is 24.5 Å². The fraction of sp³-hybridized carbons (Fsp3) is 0.429. The van der Waals surface area contributed by atoms with Gasteiger partial charge in [-0.2, -0.15) is 0 Å². The summed E-state index contributed by atoms with van der Waals surface area (Å²) in [6.07, 6.45) is 0. The number of carbonyl (C=O) groups excluding carboxylic acids is 2. The highest BCUT2D eigenvalue weighted by Crippen LogP contribution is 2.13. The van der Waals surface area contributed by atoms with Crippen molar-refractivity contribution in [3.63, 3.8) is 0 Å². The second-order valence-electron chi connectivity index (χ2n) is 4.56. The lowest BCUT2D eigenvalue weighted by molar-refractivity contribution is -0.118. The van der Waals surface area contributed by atoms with E-state index in [1.54, 1.807) is 31.2 Å². The molecule has 3 N–H and O–H groups in total. The van der Waals surface area contributed by atoms with E-state index in [1.807, 2.05) is 13.8 Å². The van der Waals surface area contributed by atoms with Gasteiger partial charge < -0.3 is 15.8 Å². The molecule has 0 saturated heterocycles. The standard InChI is InChI=1S/C14H20N2O3/c1-4-19-14(18)10-6-5-7-11(8-10)16-13(17)12(15)9(2)3/h5-9,12H,4,15H2,1-3H3,(H,16,17)/t12-/m0/s1. The van der Waals surface area contributed by atoms with E-state index in [9.17, 15) is 9.59 Å². The molecule has 0 aromatic heterocycles. The van der Waals surface area contributed by atoms with E-state index in [1.165, 1.54) is 0 Å². The Bertz CT molecular complexity index is 458. The summed E-state index contributed by atoms with van der Waals surface area (Å²) >= 11 is 0. The SMILES string of the molecule is CCOC(=O)c1cccc(NC(=O)[C@@H](N)C(C)C)c1. The molecule has 0 aliphatic heterocycles. The Hall–Kier alpha value is -1.88. The molecule has 0 heterocycles. The number of nitrogens with two attached hydrogens (primary N) is 1. The molecule has 19 heavy (non-hydrogen) atoms. The summed E-state index contributed by atoms with van der Waals surface area (Å²) in [7, 11) is 0. The molecule has 0 spiro atoms. The molecule has 1 amide bonds. The summed E-state index contributed by atoms with van der Waals surface area (Å²) in [4.78, 5) is 23.4. The molecule has 0 aliphatic carbocycles. The average Bonchev–Trinajstić information content (AvgIpc) is 2.38. The normalized spacial score (nSPS) is 12.1. The smallest absolute Gasteiger partial charge is 0.338 e. The van der Waals surface area contributed by atoms with Crippen LogP contribution in [0.1, 0.15) is 31.1 Å². The summed E-state index contributed by atoms with van der Waals surface area (Å²) in [6.45, 7) is 5.80. The Morgan fingerprint density at radius 2 is 2.05 bits per heavy atom. The van der Waals surface area contributed by atoms with Crippen molar-refractivity contribution in [2.24, 2.45) is 11.7 Å². The van der Waals surface area contributed by atoms with Gasteiger partial charge in [0, 0.05) is 5.69 Å². The molecule has 0 bridgehead atoms. The number of esters is 1. The highest BCUT2D eigenvalue weighted by atomic mass is 16.5. The first-order valence-electron chi connectivity index (χ1n) is 6.29. The number of hydrogen-bond acceptors (Lipinski definition) is 4. The molecule has 0 unspecified atom stereocenters. The Balaban J connectivity index is 2.77. The van der Waals surface area contributed by atoms with Crippen LogP contribution in [0.2, 0.25) is 0 Å². The molecule has 1 aromatic rings. The van der Waals surface area contributed by atoms with Gasteiger partial charge in [-0.1, -0.05) is 19.9 Å². The van der Waals surface area contributed by atoms with E-state index in [-0.39, 0.29) is 11.8 Å². The summed E-state index contributed by atoms with van der Waals surface area (Å²) in [5.41, 5.74) is 6.68. The topological polar surface area (TPSA) is 81.4 Å². The van der Waals surface area contributed by atoms with Gasteiger partial charge in [-0.3, -0.25) is 4.79 Å². The molecule has 5 heteroatoms. The quantitative estimate of drug-likeness (QED) is 0.794. The lowest BCUT2D eigenvalue weighted by atomic mass is 10.0. The third kappa shape index (κ3) is 4.37. The van der Waals surface area contributed by atoms with Crippen molar-refractivity contribution >= 4 is 17.6 Å². The fourth-order valence-corrected chi connectivity index (χ4v) is 1.47. The fourth-order valence-electron chi connectivity index (χ4n) is 1.47. The molecule has 1 rings (SSSR count). The first kappa shape index (κ1) is 15.2. The minimum absolute atomic E-state index is 0.0493. The van der Waals surface area contributed by atoms with Crippen LogP contribution in [0.5, 0.6) is 0 Å². The van der Waals surface area contributed by atoms with Gasteiger partial charge in [-0.05, 0) is 31.0 Å². The van der Waals surface area contributed by atoms with Crippen molar-refractivity contribution < 1.29 is 14.3 Å². The maximum absolute atomic E-state index is 11.8. The second kappa shape index (κ2) is 6.89. The van der Waals surface area contributed by atoms with E-state index in [4.69, 9.17) is 10.5 Å². The van der Waals surface area contributed by atoms with E-state index < -0.39 is 12.0 Å².